The van der Waals surface area contributed by atoms with Crippen LogP contribution in [0.4, 0.5) is 0 Å². The van der Waals surface area contributed by atoms with Gasteiger partial charge in [-0.25, -0.2) is 0 Å². The van der Waals surface area contributed by atoms with Crippen LogP contribution >= 0.6 is 12.4 Å². The van der Waals surface area contributed by atoms with E-state index in [-0.39, 0.29) is 24.4 Å². The molecule has 1 heterocycles. The Morgan fingerprint density at radius 3 is 2.50 bits per heavy atom. The molecule has 1 saturated heterocycles. The predicted octanol–water partition coefficient (Wildman–Crippen LogP) is 1.03. The second-order valence-electron chi connectivity index (χ2n) is 4.51. The number of hydrogen-bond donors (Lipinski definition) is 1. The SMILES string of the molecule is C=CCN(CC=C)C(=O)CN1CCC[C@@H](N)C1.Cl. The minimum Gasteiger partial charge on any atom is -0.334 e. The number of carbonyl (C=O) groups is 1. The van der Waals surface area contributed by atoms with Crippen molar-refractivity contribution in [3.05, 3.63) is 25.3 Å². The zero-order valence-corrected chi connectivity index (χ0v) is 11.7. The molecule has 0 aromatic rings. The fourth-order valence-corrected chi connectivity index (χ4v) is 2.12. The molecule has 5 heteroatoms. The molecule has 1 fully saturated rings. The first-order chi connectivity index (χ1) is 8.17. The molecule has 2 N–H and O–H groups in total. The first-order valence-electron chi connectivity index (χ1n) is 6.15. The molecule has 0 radical (unpaired) electrons. The highest BCUT2D eigenvalue weighted by Crippen LogP contribution is 2.08. The molecular weight excluding hydrogens is 250 g/mol. The Balaban J connectivity index is 0.00000289. The molecule has 0 bridgehead atoms. The minimum absolute atomic E-state index is 0. The summed E-state index contributed by atoms with van der Waals surface area (Å²) < 4.78 is 0. The summed E-state index contributed by atoms with van der Waals surface area (Å²) in [7, 11) is 0. The molecule has 1 aliphatic heterocycles. The summed E-state index contributed by atoms with van der Waals surface area (Å²) in [5, 5.41) is 0. The van der Waals surface area contributed by atoms with Crippen LogP contribution in [0.15, 0.2) is 25.3 Å². The number of hydrogen-bond acceptors (Lipinski definition) is 3. The van der Waals surface area contributed by atoms with E-state index in [4.69, 9.17) is 5.73 Å². The van der Waals surface area contributed by atoms with Crippen molar-refractivity contribution in [2.75, 3.05) is 32.7 Å². The first-order valence-corrected chi connectivity index (χ1v) is 6.15. The second kappa shape index (κ2) is 9.14. The van der Waals surface area contributed by atoms with Gasteiger partial charge >= 0.3 is 0 Å². The van der Waals surface area contributed by atoms with Gasteiger partial charge in [-0.05, 0) is 19.4 Å². The van der Waals surface area contributed by atoms with Crippen LogP contribution in [0.5, 0.6) is 0 Å². The summed E-state index contributed by atoms with van der Waals surface area (Å²) in [4.78, 5) is 15.9. The number of piperidine rings is 1. The maximum absolute atomic E-state index is 12.0. The average molecular weight is 274 g/mol. The number of rotatable bonds is 6. The summed E-state index contributed by atoms with van der Waals surface area (Å²) in [5.41, 5.74) is 5.90. The Kier molecular flexibility index (Phi) is 8.71. The summed E-state index contributed by atoms with van der Waals surface area (Å²) in [6.07, 6.45) is 5.62. The number of nitrogens with zero attached hydrogens (tertiary/aromatic N) is 2. The van der Waals surface area contributed by atoms with E-state index < -0.39 is 0 Å². The lowest BCUT2D eigenvalue weighted by Gasteiger charge is -2.31. The van der Waals surface area contributed by atoms with E-state index in [0.717, 1.165) is 25.9 Å². The standard InChI is InChI=1S/C13H23N3O.ClH/c1-3-7-16(8-4-2)13(17)11-15-9-5-6-12(14)10-15;/h3-4,12H,1-2,5-11,14H2;1H/t12-;/m1./s1. The second-order valence-corrected chi connectivity index (χ2v) is 4.51. The molecule has 18 heavy (non-hydrogen) atoms. The molecule has 104 valence electrons. The third-order valence-electron chi connectivity index (χ3n) is 2.95. The molecule has 0 saturated carbocycles. The van der Waals surface area contributed by atoms with Crippen LogP contribution in [-0.2, 0) is 4.79 Å². The molecule has 1 rings (SSSR count). The minimum atomic E-state index is 0. The Labute approximate surface area is 116 Å². The van der Waals surface area contributed by atoms with E-state index in [1.165, 1.54) is 0 Å². The fraction of sp³-hybridized carbons (Fsp3) is 0.615. The van der Waals surface area contributed by atoms with Crippen LogP contribution in [0.1, 0.15) is 12.8 Å². The summed E-state index contributed by atoms with van der Waals surface area (Å²) in [5.74, 6) is 0.124. The van der Waals surface area contributed by atoms with Crippen molar-refractivity contribution in [2.45, 2.75) is 18.9 Å². The van der Waals surface area contributed by atoms with Crippen molar-refractivity contribution in [3.8, 4) is 0 Å². The molecule has 1 amide bonds. The largest absolute Gasteiger partial charge is 0.334 e. The lowest BCUT2D eigenvalue weighted by molar-refractivity contribution is -0.131. The summed E-state index contributed by atoms with van der Waals surface area (Å²) in [6, 6.07) is 0.212. The molecule has 0 unspecified atom stereocenters. The van der Waals surface area contributed by atoms with Gasteiger partial charge in [-0.2, -0.15) is 0 Å². The van der Waals surface area contributed by atoms with Crippen LogP contribution in [0.2, 0.25) is 0 Å². The lowest BCUT2D eigenvalue weighted by Crippen LogP contribution is -2.47. The van der Waals surface area contributed by atoms with Crippen LogP contribution in [0.3, 0.4) is 0 Å². The number of halogens is 1. The molecular formula is C13H24ClN3O. The maximum atomic E-state index is 12.0. The molecule has 0 spiro atoms. The smallest absolute Gasteiger partial charge is 0.237 e. The highest BCUT2D eigenvalue weighted by molar-refractivity contribution is 5.85. The van der Waals surface area contributed by atoms with Crippen molar-refractivity contribution in [1.29, 1.82) is 0 Å². The Morgan fingerprint density at radius 1 is 1.39 bits per heavy atom. The van der Waals surface area contributed by atoms with Gasteiger partial charge in [0.1, 0.15) is 0 Å². The average Bonchev–Trinajstić information content (AvgIpc) is 2.28. The van der Waals surface area contributed by atoms with Gasteiger partial charge < -0.3 is 10.6 Å². The van der Waals surface area contributed by atoms with E-state index in [1.807, 2.05) is 0 Å². The van der Waals surface area contributed by atoms with E-state index >= 15 is 0 Å². The first kappa shape index (κ1) is 17.2. The Bertz CT molecular complexity index is 273. The van der Waals surface area contributed by atoms with Gasteiger partial charge in [0, 0.05) is 25.7 Å². The number of likely N-dealkylation sites (tertiary alicyclic amines) is 1. The quantitative estimate of drug-likeness (QED) is 0.736. The van der Waals surface area contributed by atoms with Crippen molar-refractivity contribution < 1.29 is 4.79 Å². The van der Waals surface area contributed by atoms with Crippen molar-refractivity contribution in [1.82, 2.24) is 9.80 Å². The molecule has 0 aliphatic carbocycles. The fourth-order valence-electron chi connectivity index (χ4n) is 2.12. The zero-order chi connectivity index (χ0) is 12.7. The van der Waals surface area contributed by atoms with Crippen LogP contribution in [0, 0.1) is 0 Å². The predicted molar refractivity (Wildman–Crippen MR) is 77.9 cm³/mol. The van der Waals surface area contributed by atoms with Crippen LogP contribution in [-0.4, -0.2) is 54.5 Å². The van der Waals surface area contributed by atoms with E-state index in [0.29, 0.717) is 19.6 Å². The molecule has 0 aromatic carbocycles. The number of amides is 1. The van der Waals surface area contributed by atoms with E-state index in [2.05, 4.69) is 18.1 Å². The maximum Gasteiger partial charge on any atom is 0.237 e. The number of nitrogens with two attached hydrogens (primary N) is 1. The molecule has 4 nitrogen and oxygen atoms in total. The zero-order valence-electron chi connectivity index (χ0n) is 10.9. The van der Waals surface area contributed by atoms with E-state index in [1.54, 1.807) is 17.1 Å². The Morgan fingerprint density at radius 2 is 2.00 bits per heavy atom. The Hall–Kier alpha value is -0.840. The molecule has 0 aromatic heterocycles. The number of carbonyl (C=O) groups excluding carboxylic acids is 1. The van der Waals surface area contributed by atoms with Crippen molar-refractivity contribution in [2.24, 2.45) is 5.73 Å². The topological polar surface area (TPSA) is 49.6 Å². The normalized spacial score (nSPS) is 19.7. The summed E-state index contributed by atoms with van der Waals surface area (Å²) >= 11 is 0. The van der Waals surface area contributed by atoms with Crippen LogP contribution < -0.4 is 5.73 Å². The summed E-state index contributed by atoms with van der Waals surface area (Å²) in [6.45, 7) is 10.7. The van der Waals surface area contributed by atoms with Gasteiger partial charge in [-0.15, -0.1) is 25.6 Å². The van der Waals surface area contributed by atoms with E-state index in [9.17, 15) is 4.79 Å². The van der Waals surface area contributed by atoms with Gasteiger partial charge in [-0.3, -0.25) is 9.69 Å². The highest BCUT2D eigenvalue weighted by Gasteiger charge is 2.20. The highest BCUT2D eigenvalue weighted by atomic mass is 35.5. The third-order valence-corrected chi connectivity index (χ3v) is 2.95. The molecule has 1 atom stereocenters. The van der Waals surface area contributed by atoms with Crippen LogP contribution in [0.25, 0.3) is 0 Å². The van der Waals surface area contributed by atoms with Gasteiger partial charge in [0.15, 0.2) is 0 Å². The van der Waals surface area contributed by atoms with Gasteiger partial charge in [0.25, 0.3) is 0 Å². The monoisotopic (exact) mass is 273 g/mol. The molecule has 1 aliphatic rings. The lowest BCUT2D eigenvalue weighted by atomic mass is 10.1. The van der Waals surface area contributed by atoms with Gasteiger partial charge in [-0.1, -0.05) is 12.2 Å². The van der Waals surface area contributed by atoms with Crippen molar-refractivity contribution in [3.63, 3.8) is 0 Å². The third kappa shape index (κ3) is 5.67. The van der Waals surface area contributed by atoms with Gasteiger partial charge in [0.05, 0.1) is 6.54 Å². The van der Waals surface area contributed by atoms with Crippen molar-refractivity contribution >= 4 is 18.3 Å². The van der Waals surface area contributed by atoms with Gasteiger partial charge in [0.2, 0.25) is 5.91 Å².